The van der Waals surface area contributed by atoms with Gasteiger partial charge in [-0.25, -0.2) is 9.78 Å². The van der Waals surface area contributed by atoms with E-state index in [4.69, 9.17) is 19.2 Å². The van der Waals surface area contributed by atoms with E-state index in [1.807, 2.05) is 24.3 Å². The van der Waals surface area contributed by atoms with Crippen molar-refractivity contribution in [3.8, 4) is 5.75 Å². The van der Waals surface area contributed by atoms with Gasteiger partial charge in [-0.3, -0.25) is 10.7 Å². The molecule has 3 aromatic rings. The summed E-state index contributed by atoms with van der Waals surface area (Å²) in [5.41, 5.74) is 7.85. The molecule has 9 nitrogen and oxygen atoms in total. The van der Waals surface area contributed by atoms with Gasteiger partial charge in [0.05, 0.1) is 33.1 Å². The standard InChI is InChI=1S/C28H33N5O4/c1-21-6-3-7-22(16-21)20-29-32-27-19-25(33-11-14-36-15-12-33)17-23(30-27)9-5-13-37-28(34)31-24-8-4-10-26(18-24)35-2/h3-4,6-8,10,16-20H,5,9,11-15H2,1-2H3,(H,30,32)(H,31,34)/b29-20+. The monoisotopic (exact) mass is 503 g/mol. The lowest BCUT2D eigenvalue weighted by Gasteiger charge is -2.29. The van der Waals surface area contributed by atoms with E-state index in [1.54, 1.807) is 31.5 Å². The molecule has 1 aliphatic heterocycles. The summed E-state index contributed by atoms with van der Waals surface area (Å²) in [5.74, 6) is 1.33. The van der Waals surface area contributed by atoms with Gasteiger partial charge < -0.3 is 19.1 Å². The number of carbonyl (C=O) groups excluding carboxylic acids is 1. The van der Waals surface area contributed by atoms with Crippen molar-refractivity contribution in [3.05, 3.63) is 77.5 Å². The lowest BCUT2D eigenvalue weighted by molar-refractivity contribution is 0.122. The number of hydrogen-bond donors (Lipinski definition) is 2. The average Bonchev–Trinajstić information content (AvgIpc) is 2.92. The predicted octanol–water partition coefficient (Wildman–Crippen LogP) is 4.86. The van der Waals surface area contributed by atoms with Crippen LogP contribution in [0.1, 0.15) is 23.2 Å². The number of nitrogens with one attached hydrogen (secondary N) is 2. The van der Waals surface area contributed by atoms with Crippen LogP contribution in [0.4, 0.5) is 22.0 Å². The fraction of sp³-hybridized carbons (Fsp3) is 0.321. The first-order chi connectivity index (χ1) is 18.1. The Kier molecular flexibility index (Phi) is 9.31. The number of hydrogen-bond acceptors (Lipinski definition) is 8. The Hall–Kier alpha value is -4.11. The lowest BCUT2D eigenvalue weighted by atomic mass is 10.2. The van der Waals surface area contributed by atoms with Crippen LogP contribution in [0.15, 0.2) is 65.8 Å². The molecule has 1 fully saturated rings. The summed E-state index contributed by atoms with van der Waals surface area (Å²) in [7, 11) is 1.58. The van der Waals surface area contributed by atoms with E-state index in [0.717, 1.165) is 30.0 Å². The number of aromatic nitrogens is 1. The molecule has 37 heavy (non-hydrogen) atoms. The number of pyridine rings is 1. The molecule has 194 valence electrons. The molecular formula is C28H33N5O4. The normalized spacial score (nSPS) is 13.4. The smallest absolute Gasteiger partial charge is 0.411 e. The predicted molar refractivity (Wildman–Crippen MR) is 146 cm³/mol. The summed E-state index contributed by atoms with van der Waals surface area (Å²) in [4.78, 5) is 19.2. The van der Waals surface area contributed by atoms with Gasteiger partial charge in [0.1, 0.15) is 11.6 Å². The molecule has 0 spiro atoms. The number of hydrazone groups is 1. The summed E-state index contributed by atoms with van der Waals surface area (Å²) < 4.78 is 16.0. The average molecular weight is 504 g/mol. The Morgan fingerprint density at radius 3 is 2.78 bits per heavy atom. The molecule has 0 unspecified atom stereocenters. The van der Waals surface area contributed by atoms with Crippen molar-refractivity contribution in [1.29, 1.82) is 0 Å². The van der Waals surface area contributed by atoms with E-state index in [0.29, 0.717) is 43.3 Å². The SMILES string of the molecule is COc1cccc(NC(=O)OCCCc2cc(N3CCOCC3)cc(N/N=C/c3cccc(C)c3)n2)c1. The van der Waals surface area contributed by atoms with Gasteiger partial charge in [-0.05, 0) is 43.5 Å². The molecule has 2 N–H and O–H groups in total. The maximum absolute atomic E-state index is 12.2. The quantitative estimate of drug-likeness (QED) is 0.232. The summed E-state index contributed by atoms with van der Waals surface area (Å²) in [6.45, 7) is 5.36. The van der Waals surface area contributed by atoms with E-state index < -0.39 is 6.09 Å². The number of morpholine rings is 1. The number of benzene rings is 2. The Morgan fingerprint density at radius 1 is 1.14 bits per heavy atom. The summed E-state index contributed by atoms with van der Waals surface area (Å²) >= 11 is 0. The van der Waals surface area contributed by atoms with E-state index in [2.05, 4.69) is 45.9 Å². The fourth-order valence-corrected chi connectivity index (χ4v) is 3.96. The van der Waals surface area contributed by atoms with Gasteiger partial charge in [0.15, 0.2) is 0 Å². The van der Waals surface area contributed by atoms with E-state index in [9.17, 15) is 4.79 Å². The van der Waals surface area contributed by atoms with Crippen molar-refractivity contribution < 1.29 is 19.0 Å². The molecule has 0 bridgehead atoms. The zero-order valence-corrected chi connectivity index (χ0v) is 21.3. The maximum Gasteiger partial charge on any atom is 0.411 e. The number of anilines is 3. The van der Waals surface area contributed by atoms with Crippen molar-refractivity contribution in [2.24, 2.45) is 5.10 Å². The van der Waals surface area contributed by atoms with Crippen LogP contribution in [0, 0.1) is 6.92 Å². The second-order valence-corrected chi connectivity index (χ2v) is 8.68. The second-order valence-electron chi connectivity index (χ2n) is 8.68. The van der Waals surface area contributed by atoms with Crippen LogP contribution in [0.25, 0.3) is 0 Å². The van der Waals surface area contributed by atoms with Crippen molar-refractivity contribution in [2.45, 2.75) is 19.8 Å². The molecule has 1 aromatic heterocycles. The number of ether oxygens (including phenoxy) is 3. The number of nitrogens with zero attached hydrogens (tertiary/aromatic N) is 3. The van der Waals surface area contributed by atoms with E-state index in [1.165, 1.54) is 5.56 Å². The van der Waals surface area contributed by atoms with Crippen molar-refractivity contribution in [3.63, 3.8) is 0 Å². The molecule has 1 saturated heterocycles. The molecule has 0 aliphatic carbocycles. The minimum atomic E-state index is -0.504. The number of amides is 1. The molecule has 2 aromatic carbocycles. The Bertz CT molecular complexity index is 1210. The molecule has 4 rings (SSSR count). The summed E-state index contributed by atoms with van der Waals surface area (Å²) in [5, 5.41) is 7.10. The van der Waals surface area contributed by atoms with Crippen molar-refractivity contribution in [2.75, 3.05) is 55.7 Å². The highest BCUT2D eigenvalue weighted by atomic mass is 16.5. The zero-order chi connectivity index (χ0) is 25.9. The zero-order valence-electron chi connectivity index (χ0n) is 21.3. The van der Waals surface area contributed by atoms with Gasteiger partial charge in [0.2, 0.25) is 0 Å². The third-order valence-electron chi connectivity index (χ3n) is 5.80. The van der Waals surface area contributed by atoms with Crippen LogP contribution in [0.3, 0.4) is 0 Å². The van der Waals surface area contributed by atoms with Gasteiger partial charge in [-0.15, -0.1) is 0 Å². The Balaban J connectivity index is 1.35. The van der Waals surface area contributed by atoms with Gasteiger partial charge >= 0.3 is 6.09 Å². The molecular weight excluding hydrogens is 470 g/mol. The molecule has 1 aliphatic rings. The molecule has 9 heteroatoms. The molecule has 0 radical (unpaired) electrons. The van der Waals surface area contributed by atoms with Crippen LogP contribution in [0.5, 0.6) is 5.75 Å². The van der Waals surface area contributed by atoms with Crippen LogP contribution < -0.4 is 20.4 Å². The summed E-state index contributed by atoms with van der Waals surface area (Å²) in [6.07, 6.45) is 2.57. The third kappa shape index (κ3) is 8.22. The highest BCUT2D eigenvalue weighted by Crippen LogP contribution is 2.22. The van der Waals surface area contributed by atoms with Gasteiger partial charge in [0.25, 0.3) is 0 Å². The minimum absolute atomic E-state index is 0.271. The van der Waals surface area contributed by atoms with E-state index >= 15 is 0 Å². The first kappa shape index (κ1) is 26.0. The summed E-state index contributed by atoms with van der Waals surface area (Å²) in [6, 6.07) is 19.3. The number of methoxy groups -OCH3 is 1. The number of rotatable bonds is 10. The van der Waals surface area contributed by atoms with E-state index in [-0.39, 0.29) is 6.61 Å². The molecule has 1 amide bonds. The van der Waals surface area contributed by atoms with Gasteiger partial charge in [0, 0.05) is 42.3 Å². The van der Waals surface area contributed by atoms with Crippen LogP contribution in [-0.4, -0.2) is 57.3 Å². The van der Waals surface area contributed by atoms with Crippen LogP contribution in [0.2, 0.25) is 0 Å². The first-order valence-electron chi connectivity index (χ1n) is 12.4. The Labute approximate surface area is 217 Å². The highest BCUT2D eigenvalue weighted by Gasteiger charge is 2.14. The fourth-order valence-electron chi connectivity index (χ4n) is 3.96. The molecule has 0 saturated carbocycles. The topological polar surface area (TPSA) is 97.3 Å². The van der Waals surface area contributed by atoms with Crippen molar-refractivity contribution in [1.82, 2.24) is 4.98 Å². The first-order valence-corrected chi connectivity index (χ1v) is 12.4. The van der Waals surface area contributed by atoms with Gasteiger partial charge in [-0.2, -0.15) is 5.10 Å². The number of aryl methyl sites for hydroxylation is 2. The van der Waals surface area contributed by atoms with Crippen LogP contribution in [-0.2, 0) is 15.9 Å². The minimum Gasteiger partial charge on any atom is -0.497 e. The second kappa shape index (κ2) is 13.3. The maximum atomic E-state index is 12.2. The van der Waals surface area contributed by atoms with Crippen molar-refractivity contribution >= 4 is 29.5 Å². The molecule has 2 heterocycles. The third-order valence-corrected chi connectivity index (χ3v) is 5.80. The lowest BCUT2D eigenvalue weighted by Crippen LogP contribution is -2.36. The van der Waals surface area contributed by atoms with Gasteiger partial charge in [-0.1, -0.05) is 35.9 Å². The highest BCUT2D eigenvalue weighted by molar-refractivity contribution is 5.84. The largest absolute Gasteiger partial charge is 0.497 e. The van der Waals surface area contributed by atoms with Crippen LogP contribution >= 0.6 is 0 Å². The molecule has 0 atom stereocenters. The Morgan fingerprint density at radius 2 is 1.97 bits per heavy atom. The number of carbonyl (C=O) groups is 1.